The summed E-state index contributed by atoms with van der Waals surface area (Å²) in [4.78, 5) is 23.1. The van der Waals surface area contributed by atoms with Crippen molar-refractivity contribution in [2.45, 2.75) is 12.5 Å². The molecule has 6 heteroatoms. The fourth-order valence-corrected chi connectivity index (χ4v) is 2.42. The van der Waals surface area contributed by atoms with Crippen molar-refractivity contribution in [3.05, 3.63) is 47.9 Å². The quantitative estimate of drug-likeness (QED) is 0.752. The molecule has 2 aromatic rings. The minimum atomic E-state index is -0.317. The maximum atomic E-state index is 11.6. The molecule has 0 bridgehead atoms. The summed E-state index contributed by atoms with van der Waals surface area (Å²) in [5, 5.41) is 8.61. The third-order valence-electron chi connectivity index (χ3n) is 3.36. The van der Waals surface area contributed by atoms with Crippen molar-refractivity contribution >= 4 is 23.2 Å². The van der Waals surface area contributed by atoms with Crippen molar-refractivity contribution in [3.63, 3.8) is 0 Å². The fraction of sp³-hybridized carbons (Fsp3) is 0.200. The lowest BCUT2D eigenvalue weighted by molar-refractivity contribution is -0.123. The molecule has 0 saturated carbocycles. The van der Waals surface area contributed by atoms with Crippen molar-refractivity contribution < 1.29 is 14.0 Å². The van der Waals surface area contributed by atoms with Gasteiger partial charge in [-0.25, -0.2) is 0 Å². The Morgan fingerprint density at radius 3 is 2.57 bits per heavy atom. The van der Waals surface area contributed by atoms with Gasteiger partial charge in [-0.1, -0.05) is 6.07 Å². The summed E-state index contributed by atoms with van der Waals surface area (Å²) in [7, 11) is 1.83. The Hall–Kier alpha value is -2.60. The van der Waals surface area contributed by atoms with Crippen LogP contribution in [0.1, 0.15) is 23.8 Å². The van der Waals surface area contributed by atoms with E-state index in [1.807, 2.05) is 31.3 Å². The van der Waals surface area contributed by atoms with Gasteiger partial charge in [-0.05, 0) is 36.9 Å². The van der Waals surface area contributed by atoms with Crippen LogP contribution < -0.4 is 16.0 Å². The molecule has 21 heavy (non-hydrogen) atoms. The van der Waals surface area contributed by atoms with Crippen LogP contribution in [-0.4, -0.2) is 18.9 Å². The first-order valence-corrected chi connectivity index (χ1v) is 6.61. The predicted molar refractivity (Wildman–Crippen MR) is 77.9 cm³/mol. The summed E-state index contributed by atoms with van der Waals surface area (Å²) in [6, 6.07) is 9.09. The van der Waals surface area contributed by atoms with Gasteiger partial charge in [0.25, 0.3) is 0 Å². The number of hydrogen-bond acceptors (Lipinski definition) is 4. The monoisotopic (exact) mass is 285 g/mol. The van der Waals surface area contributed by atoms with Crippen molar-refractivity contribution in [1.82, 2.24) is 5.32 Å². The summed E-state index contributed by atoms with van der Waals surface area (Å²) in [5.74, 6) is 0.152. The van der Waals surface area contributed by atoms with Crippen molar-refractivity contribution in [1.29, 1.82) is 0 Å². The first kappa shape index (κ1) is 13.4. The van der Waals surface area contributed by atoms with Gasteiger partial charge in [-0.3, -0.25) is 9.59 Å². The average molecular weight is 285 g/mol. The molecule has 0 radical (unpaired) electrons. The van der Waals surface area contributed by atoms with E-state index in [1.165, 1.54) is 0 Å². The lowest BCUT2D eigenvalue weighted by atomic mass is 10.0. The third-order valence-corrected chi connectivity index (χ3v) is 3.36. The summed E-state index contributed by atoms with van der Waals surface area (Å²) >= 11 is 0. The molecule has 1 aliphatic heterocycles. The second-order valence-corrected chi connectivity index (χ2v) is 4.82. The lowest BCUT2D eigenvalue weighted by Gasteiger charge is -2.16. The molecular weight excluding hydrogens is 270 g/mol. The van der Waals surface area contributed by atoms with Crippen LogP contribution >= 0.6 is 0 Å². The lowest BCUT2D eigenvalue weighted by Crippen LogP contribution is -2.17. The maximum Gasteiger partial charge on any atom is 0.233 e. The van der Waals surface area contributed by atoms with E-state index < -0.39 is 0 Å². The zero-order valence-electron chi connectivity index (χ0n) is 11.5. The Morgan fingerprint density at radius 2 is 1.90 bits per heavy atom. The molecule has 2 amide bonds. The molecule has 2 heterocycles. The van der Waals surface area contributed by atoms with E-state index in [0.29, 0.717) is 11.4 Å². The number of rotatable bonds is 3. The van der Waals surface area contributed by atoms with Crippen LogP contribution in [0.5, 0.6) is 0 Å². The van der Waals surface area contributed by atoms with E-state index in [0.717, 1.165) is 11.3 Å². The van der Waals surface area contributed by atoms with Gasteiger partial charge in [0.15, 0.2) is 0 Å². The van der Waals surface area contributed by atoms with Gasteiger partial charge >= 0.3 is 0 Å². The molecule has 0 spiro atoms. The Balaban J connectivity index is 1.98. The summed E-state index contributed by atoms with van der Waals surface area (Å²) in [6.07, 6.45) is 1.45. The molecule has 1 aromatic carbocycles. The number of carbonyl (C=O) groups is 2. The van der Waals surface area contributed by atoms with Crippen LogP contribution in [-0.2, 0) is 9.59 Å². The zero-order valence-corrected chi connectivity index (χ0v) is 11.5. The van der Waals surface area contributed by atoms with Gasteiger partial charge in [0.1, 0.15) is 12.2 Å². The minimum Gasteiger partial charge on any atom is -0.467 e. The van der Waals surface area contributed by atoms with Crippen LogP contribution in [0, 0.1) is 0 Å². The Morgan fingerprint density at radius 1 is 1.14 bits per heavy atom. The largest absolute Gasteiger partial charge is 0.467 e. The molecule has 0 aliphatic carbocycles. The molecule has 6 nitrogen and oxygen atoms in total. The van der Waals surface area contributed by atoms with Crippen LogP contribution in [0.25, 0.3) is 0 Å². The highest BCUT2D eigenvalue weighted by atomic mass is 16.3. The number of hydrogen-bond donors (Lipinski definition) is 3. The first-order valence-electron chi connectivity index (χ1n) is 6.61. The average Bonchev–Trinajstić information content (AvgIpc) is 2.91. The molecule has 1 aliphatic rings. The second kappa shape index (κ2) is 5.41. The van der Waals surface area contributed by atoms with E-state index >= 15 is 0 Å². The van der Waals surface area contributed by atoms with Crippen LogP contribution in [0.4, 0.5) is 11.4 Å². The van der Waals surface area contributed by atoms with Crippen LogP contribution in [0.3, 0.4) is 0 Å². The number of amides is 2. The Bertz CT molecular complexity index is 679. The molecule has 108 valence electrons. The molecule has 1 atom stereocenters. The van der Waals surface area contributed by atoms with E-state index in [9.17, 15) is 9.59 Å². The van der Waals surface area contributed by atoms with Crippen LogP contribution in [0.15, 0.2) is 41.0 Å². The van der Waals surface area contributed by atoms with Crippen molar-refractivity contribution in [3.8, 4) is 0 Å². The van der Waals surface area contributed by atoms with Gasteiger partial charge < -0.3 is 20.4 Å². The summed E-state index contributed by atoms with van der Waals surface area (Å²) in [6.45, 7) is 0. The van der Waals surface area contributed by atoms with E-state index in [-0.39, 0.29) is 24.3 Å². The van der Waals surface area contributed by atoms with E-state index in [4.69, 9.17) is 4.42 Å². The smallest absolute Gasteiger partial charge is 0.233 e. The van der Waals surface area contributed by atoms with Crippen LogP contribution in [0.2, 0.25) is 0 Å². The van der Waals surface area contributed by atoms with E-state index in [2.05, 4.69) is 16.0 Å². The number of fused-ring (bicyclic) bond motifs is 1. The second-order valence-electron chi connectivity index (χ2n) is 4.82. The predicted octanol–water partition coefficient (Wildman–Crippen LogP) is 1.87. The number of benzene rings is 1. The molecular formula is C15H15N3O3. The number of furan rings is 1. The Labute approximate surface area is 121 Å². The third kappa shape index (κ3) is 2.66. The molecule has 1 unspecified atom stereocenters. The summed E-state index contributed by atoms with van der Waals surface area (Å²) in [5.41, 5.74) is 2.13. The molecule has 1 aromatic heterocycles. The Kier molecular flexibility index (Phi) is 3.45. The highest BCUT2D eigenvalue weighted by molar-refractivity contribution is 6.13. The highest BCUT2D eigenvalue weighted by Crippen LogP contribution is 2.30. The molecule has 0 saturated heterocycles. The minimum absolute atomic E-state index is 0.124. The first-order chi connectivity index (χ1) is 10.2. The molecule has 3 N–H and O–H groups in total. The summed E-state index contributed by atoms with van der Waals surface area (Å²) < 4.78 is 5.43. The number of carbonyl (C=O) groups excluding carboxylic acids is 2. The SMILES string of the molecule is CNC(c1ccc2c(c1)NC(=O)CC(=O)N2)c1ccco1. The standard InChI is InChI=1S/C15H15N3O3/c1-16-15(12-3-2-6-21-12)9-4-5-10-11(7-9)18-14(20)8-13(19)17-10/h2-7,15-16H,8H2,1H3,(H,17,19)(H,18,20). The topological polar surface area (TPSA) is 83.4 Å². The maximum absolute atomic E-state index is 11.6. The number of nitrogens with one attached hydrogen (secondary N) is 3. The van der Waals surface area contributed by atoms with Crippen molar-refractivity contribution in [2.75, 3.05) is 17.7 Å². The molecule has 3 rings (SSSR count). The zero-order chi connectivity index (χ0) is 14.8. The van der Waals surface area contributed by atoms with Gasteiger partial charge in [0.2, 0.25) is 11.8 Å². The van der Waals surface area contributed by atoms with Gasteiger partial charge in [0, 0.05) is 0 Å². The fourth-order valence-electron chi connectivity index (χ4n) is 2.42. The normalized spacial score (nSPS) is 15.7. The highest BCUT2D eigenvalue weighted by Gasteiger charge is 2.21. The van der Waals surface area contributed by atoms with Gasteiger partial charge in [0.05, 0.1) is 23.7 Å². The van der Waals surface area contributed by atoms with Crippen molar-refractivity contribution in [2.24, 2.45) is 0 Å². The van der Waals surface area contributed by atoms with E-state index in [1.54, 1.807) is 12.3 Å². The van der Waals surface area contributed by atoms with Gasteiger partial charge in [-0.2, -0.15) is 0 Å². The molecule has 0 fully saturated rings. The number of anilines is 2. The van der Waals surface area contributed by atoms with Gasteiger partial charge in [-0.15, -0.1) is 0 Å².